The number of ether oxygens (including phenoxy) is 2. The van der Waals surface area contributed by atoms with Crippen molar-refractivity contribution in [2.45, 2.75) is 58.9 Å². The molecule has 1 atom stereocenters. The summed E-state index contributed by atoms with van der Waals surface area (Å²) in [5.74, 6) is 0.167. The summed E-state index contributed by atoms with van der Waals surface area (Å²) < 4.78 is 10.6. The highest BCUT2D eigenvalue weighted by Crippen LogP contribution is 2.28. The minimum absolute atomic E-state index is 0.167. The molecule has 0 unspecified atom stereocenters. The molecule has 1 aliphatic rings. The van der Waals surface area contributed by atoms with Gasteiger partial charge in [-0.05, 0) is 41.5 Å². The number of aldehydes is 1. The lowest BCUT2D eigenvalue weighted by Gasteiger charge is -2.33. The number of amides is 1. The average Bonchev–Trinajstić information content (AvgIpc) is 2.49. The first-order valence-corrected chi connectivity index (χ1v) is 6.33. The van der Waals surface area contributed by atoms with E-state index in [0.717, 1.165) is 0 Å². The second kappa shape index (κ2) is 6.69. The van der Waals surface area contributed by atoms with Gasteiger partial charge >= 0.3 is 6.09 Å². The monoisotopic (exact) mass is 287 g/mol. The molecule has 20 heavy (non-hydrogen) atoms. The molecule has 1 heterocycles. The number of carbonyl (C=O) groups is 2. The van der Waals surface area contributed by atoms with E-state index in [0.29, 0.717) is 6.29 Å². The van der Waals surface area contributed by atoms with Crippen LogP contribution in [-0.2, 0) is 14.3 Å². The number of nitrogens with one attached hydrogen (secondary N) is 1. The number of carbonyl (C=O) groups excluding carboxylic acids is 2. The van der Waals surface area contributed by atoms with Crippen molar-refractivity contribution in [3.8, 4) is 0 Å². The van der Waals surface area contributed by atoms with Crippen LogP contribution in [0.25, 0.3) is 0 Å². The normalized spacial score (nSPS) is 20.7. The summed E-state index contributed by atoms with van der Waals surface area (Å²) in [5.41, 5.74) is 3.32. The molecule has 0 aromatic heterocycles. The van der Waals surface area contributed by atoms with Crippen LogP contribution in [0.4, 0.5) is 4.79 Å². The van der Waals surface area contributed by atoms with E-state index < -0.39 is 23.5 Å². The van der Waals surface area contributed by atoms with Crippen molar-refractivity contribution in [2.75, 3.05) is 6.61 Å². The van der Waals surface area contributed by atoms with Gasteiger partial charge in [0.15, 0.2) is 0 Å². The zero-order chi connectivity index (χ0) is 16.1. The maximum absolute atomic E-state index is 11.9. The van der Waals surface area contributed by atoms with Crippen molar-refractivity contribution in [2.24, 2.45) is 5.73 Å². The molecular weight excluding hydrogens is 262 g/mol. The molecule has 7 nitrogen and oxygen atoms in total. The molecule has 0 saturated carbocycles. The van der Waals surface area contributed by atoms with Crippen LogP contribution in [0.5, 0.6) is 0 Å². The van der Waals surface area contributed by atoms with Crippen molar-refractivity contribution in [3.63, 3.8) is 0 Å². The van der Waals surface area contributed by atoms with Gasteiger partial charge in [0.1, 0.15) is 23.7 Å². The van der Waals surface area contributed by atoms with Crippen LogP contribution in [0, 0.1) is 5.41 Å². The minimum Gasteiger partial charge on any atom is -0.444 e. The Balaban J connectivity index is 0.000000796. The number of hydrogen-bond acceptors (Lipinski definition) is 5. The Hall–Kier alpha value is -1.63. The summed E-state index contributed by atoms with van der Waals surface area (Å²) in [4.78, 5) is 24.1. The molecular formula is C13H25N3O4. The van der Waals surface area contributed by atoms with Gasteiger partial charge in [0.2, 0.25) is 0 Å². The Morgan fingerprint density at radius 1 is 1.50 bits per heavy atom. The van der Waals surface area contributed by atoms with E-state index in [4.69, 9.17) is 20.6 Å². The lowest BCUT2D eigenvalue weighted by Crippen LogP contribution is -2.50. The van der Waals surface area contributed by atoms with Crippen molar-refractivity contribution in [1.82, 2.24) is 4.90 Å². The van der Waals surface area contributed by atoms with Crippen molar-refractivity contribution < 1.29 is 19.1 Å². The van der Waals surface area contributed by atoms with Gasteiger partial charge in [0.05, 0.1) is 12.4 Å². The molecule has 0 radical (unpaired) electrons. The Morgan fingerprint density at radius 3 is 2.30 bits per heavy atom. The first-order valence-electron chi connectivity index (χ1n) is 6.33. The summed E-state index contributed by atoms with van der Waals surface area (Å²) in [6, 6.07) is -0.565. The smallest absolute Gasteiger partial charge is 0.413 e. The third-order valence-corrected chi connectivity index (χ3v) is 2.27. The van der Waals surface area contributed by atoms with E-state index in [2.05, 4.69) is 0 Å². The molecule has 7 heteroatoms. The number of hydrogen-bond donors (Lipinski definition) is 2. The number of nitrogens with zero attached hydrogens (tertiary/aromatic N) is 1. The highest BCUT2D eigenvalue weighted by atomic mass is 16.6. The molecule has 1 saturated heterocycles. The van der Waals surface area contributed by atoms with Crippen LogP contribution in [-0.4, -0.2) is 47.1 Å². The van der Waals surface area contributed by atoms with E-state index >= 15 is 0 Å². The Kier molecular flexibility index (Phi) is 6.15. The average molecular weight is 287 g/mol. The third kappa shape index (κ3) is 6.01. The molecule has 0 spiro atoms. The third-order valence-electron chi connectivity index (χ3n) is 2.27. The highest BCUT2D eigenvalue weighted by molar-refractivity contribution is 5.75. The van der Waals surface area contributed by atoms with E-state index in [1.807, 2.05) is 0 Å². The second-order valence-corrected chi connectivity index (χ2v) is 5.99. The van der Waals surface area contributed by atoms with Crippen LogP contribution in [0.3, 0.4) is 0 Å². The standard InChI is InChI=1S/C11H19NO4.C2H6N2/c1-10(2,3)16-9(14)12-8(6-13)7-15-11(12,4)5;1-2(3)4/h6,8H,7H2,1-5H3;1H3,(H3,3,4)/t8-;/m0./s1. The Bertz CT molecular complexity index is 370. The maximum Gasteiger partial charge on any atom is 0.413 e. The number of rotatable bonds is 1. The molecule has 0 aromatic carbocycles. The van der Waals surface area contributed by atoms with Crippen LogP contribution in [0.15, 0.2) is 0 Å². The maximum atomic E-state index is 11.9. The molecule has 1 aliphatic heterocycles. The van der Waals surface area contributed by atoms with E-state index in [-0.39, 0.29) is 12.4 Å². The van der Waals surface area contributed by atoms with Gasteiger partial charge in [-0.1, -0.05) is 0 Å². The lowest BCUT2D eigenvalue weighted by atomic mass is 10.2. The highest BCUT2D eigenvalue weighted by Gasteiger charge is 2.45. The zero-order valence-electron chi connectivity index (χ0n) is 13.0. The summed E-state index contributed by atoms with van der Waals surface area (Å²) in [7, 11) is 0. The van der Waals surface area contributed by atoms with Crippen molar-refractivity contribution in [3.05, 3.63) is 0 Å². The SMILES string of the molecule is CC(=N)N.CC(C)(C)OC(=O)N1[C@@H](C=O)COC1(C)C. The van der Waals surface area contributed by atoms with E-state index in [1.165, 1.54) is 11.8 Å². The summed E-state index contributed by atoms with van der Waals surface area (Å²) in [5, 5.41) is 6.28. The Labute approximate surface area is 119 Å². The fraction of sp³-hybridized carbons (Fsp3) is 0.769. The Morgan fingerprint density at radius 2 is 1.95 bits per heavy atom. The van der Waals surface area contributed by atoms with E-state index in [1.54, 1.807) is 34.6 Å². The molecule has 1 amide bonds. The largest absolute Gasteiger partial charge is 0.444 e. The summed E-state index contributed by atoms with van der Waals surface area (Å²) >= 11 is 0. The molecule has 1 fully saturated rings. The molecule has 0 aromatic rings. The summed E-state index contributed by atoms with van der Waals surface area (Å²) in [6.07, 6.45) is 0.186. The zero-order valence-corrected chi connectivity index (χ0v) is 13.0. The van der Waals surface area contributed by atoms with Gasteiger partial charge in [-0.25, -0.2) is 4.79 Å². The molecule has 3 N–H and O–H groups in total. The van der Waals surface area contributed by atoms with Crippen molar-refractivity contribution >= 4 is 18.2 Å². The quantitative estimate of drug-likeness (QED) is 0.432. The van der Waals surface area contributed by atoms with Gasteiger partial charge < -0.3 is 20.0 Å². The van der Waals surface area contributed by atoms with E-state index in [9.17, 15) is 9.59 Å². The number of nitrogens with two attached hydrogens (primary N) is 1. The first-order chi connectivity index (χ1) is 8.90. The molecule has 1 rings (SSSR count). The van der Waals surface area contributed by atoms with Gasteiger partial charge in [0.25, 0.3) is 0 Å². The lowest BCUT2D eigenvalue weighted by molar-refractivity contribution is -0.113. The van der Waals surface area contributed by atoms with Crippen LogP contribution in [0.2, 0.25) is 0 Å². The number of amidine groups is 1. The van der Waals surface area contributed by atoms with Gasteiger partial charge in [-0.3, -0.25) is 10.3 Å². The van der Waals surface area contributed by atoms with Gasteiger partial charge in [-0.2, -0.15) is 0 Å². The van der Waals surface area contributed by atoms with Crippen LogP contribution in [0.1, 0.15) is 41.5 Å². The molecule has 0 bridgehead atoms. The first kappa shape index (κ1) is 18.4. The molecule has 116 valence electrons. The molecule has 0 aliphatic carbocycles. The van der Waals surface area contributed by atoms with Gasteiger partial charge in [-0.15, -0.1) is 0 Å². The summed E-state index contributed by atoms with van der Waals surface area (Å²) in [6.45, 7) is 10.6. The van der Waals surface area contributed by atoms with Gasteiger partial charge in [0, 0.05) is 0 Å². The van der Waals surface area contributed by atoms with Crippen LogP contribution < -0.4 is 5.73 Å². The van der Waals surface area contributed by atoms with Crippen LogP contribution >= 0.6 is 0 Å². The topological polar surface area (TPSA) is 106 Å². The fourth-order valence-corrected chi connectivity index (χ4v) is 1.60. The second-order valence-electron chi connectivity index (χ2n) is 5.99. The fourth-order valence-electron chi connectivity index (χ4n) is 1.60. The predicted octanol–water partition coefficient (Wildman–Crippen LogP) is 1.50. The van der Waals surface area contributed by atoms with Crippen molar-refractivity contribution in [1.29, 1.82) is 5.41 Å². The predicted molar refractivity (Wildman–Crippen MR) is 75.5 cm³/mol. The minimum atomic E-state index is -0.798.